The van der Waals surface area contributed by atoms with Gasteiger partial charge in [-0.3, -0.25) is 13.9 Å². The summed E-state index contributed by atoms with van der Waals surface area (Å²) in [5.41, 5.74) is 3.47. The molecule has 160 valence electrons. The van der Waals surface area contributed by atoms with Crippen molar-refractivity contribution in [2.45, 2.75) is 33.2 Å². The molecule has 0 unspecified atom stereocenters. The molecule has 0 aliphatic rings. The van der Waals surface area contributed by atoms with E-state index in [2.05, 4.69) is 5.32 Å². The Morgan fingerprint density at radius 1 is 1.20 bits per heavy atom. The normalized spacial score (nSPS) is 12.7. The van der Waals surface area contributed by atoms with Crippen LogP contribution in [0, 0.1) is 13.8 Å². The molecule has 1 aromatic heterocycles. The van der Waals surface area contributed by atoms with Gasteiger partial charge in [0.2, 0.25) is 15.9 Å². The third-order valence-corrected chi connectivity index (χ3v) is 7.15. The summed E-state index contributed by atoms with van der Waals surface area (Å²) >= 11 is 1.09. The van der Waals surface area contributed by atoms with Crippen molar-refractivity contribution in [2.75, 3.05) is 15.9 Å². The van der Waals surface area contributed by atoms with Gasteiger partial charge in [0, 0.05) is 12.7 Å². The number of fused-ring (bicyclic) bond motifs is 1. The summed E-state index contributed by atoms with van der Waals surface area (Å²) in [6, 6.07) is 9.82. The number of anilines is 2. The Bertz CT molecular complexity index is 1280. The van der Waals surface area contributed by atoms with Crippen molar-refractivity contribution in [1.82, 2.24) is 4.57 Å². The topological polar surface area (TPSA) is 88.5 Å². The van der Waals surface area contributed by atoms with Gasteiger partial charge < -0.3 is 9.88 Å². The number of amides is 1. The molecular formula is C21H25N3O4S2. The maximum Gasteiger partial charge on any atom is 0.307 e. The lowest BCUT2D eigenvalue weighted by Crippen LogP contribution is -2.47. The molecule has 0 aliphatic carbocycles. The van der Waals surface area contributed by atoms with E-state index in [1.165, 1.54) is 4.31 Å². The molecule has 0 bridgehead atoms. The highest BCUT2D eigenvalue weighted by molar-refractivity contribution is 7.92. The molecule has 0 saturated heterocycles. The highest BCUT2D eigenvalue weighted by Crippen LogP contribution is 2.28. The van der Waals surface area contributed by atoms with E-state index < -0.39 is 22.0 Å². The molecule has 30 heavy (non-hydrogen) atoms. The lowest BCUT2D eigenvalue weighted by Gasteiger charge is -2.31. The zero-order valence-electron chi connectivity index (χ0n) is 17.6. The van der Waals surface area contributed by atoms with Crippen LogP contribution in [-0.2, 0) is 21.9 Å². The van der Waals surface area contributed by atoms with Crippen LogP contribution in [-0.4, -0.2) is 31.2 Å². The van der Waals surface area contributed by atoms with Crippen molar-refractivity contribution in [3.8, 4) is 0 Å². The van der Waals surface area contributed by atoms with E-state index in [1.807, 2.05) is 26.0 Å². The van der Waals surface area contributed by atoms with Crippen LogP contribution in [0.15, 0.2) is 41.2 Å². The first-order valence-electron chi connectivity index (χ1n) is 9.50. The average molecular weight is 448 g/mol. The SMILES string of the molecule is CC[C@H](C(=O)Nc1ccc2c(c1)sc(=O)n2C)N(c1cc(C)ccc1C)S(C)(=O)=O. The van der Waals surface area contributed by atoms with Crippen molar-refractivity contribution < 1.29 is 13.2 Å². The van der Waals surface area contributed by atoms with Gasteiger partial charge in [0.15, 0.2) is 0 Å². The van der Waals surface area contributed by atoms with Gasteiger partial charge in [-0.25, -0.2) is 8.42 Å². The third-order valence-electron chi connectivity index (χ3n) is 4.99. The first-order chi connectivity index (χ1) is 14.0. The Balaban J connectivity index is 1.98. The maximum absolute atomic E-state index is 13.1. The number of benzene rings is 2. The summed E-state index contributed by atoms with van der Waals surface area (Å²) < 4.78 is 28.9. The summed E-state index contributed by atoms with van der Waals surface area (Å²) in [5.74, 6) is -0.425. The quantitative estimate of drug-likeness (QED) is 0.627. The van der Waals surface area contributed by atoms with Gasteiger partial charge in [-0.05, 0) is 55.7 Å². The van der Waals surface area contributed by atoms with E-state index in [1.54, 1.807) is 42.8 Å². The predicted molar refractivity (Wildman–Crippen MR) is 123 cm³/mol. The van der Waals surface area contributed by atoms with Gasteiger partial charge in [-0.2, -0.15) is 0 Å². The molecule has 0 radical (unpaired) electrons. The molecule has 0 fully saturated rings. The molecule has 0 spiro atoms. The molecule has 7 nitrogen and oxygen atoms in total. The van der Waals surface area contributed by atoms with E-state index in [0.29, 0.717) is 17.8 Å². The smallest absolute Gasteiger partial charge is 0.307 e. The Morgan fingerprint density at radius 3 is 2.53 bits per heavy atom. The number of aromatic nitrogens is 1. The minimum absolute atomic E-state index is 0.0851. The monoisotopic (exact) mass is 447 g/mol. The van der Waals surface area contributed by atoms with Gasteiger partial charge in [0.25, 0.3) is 0 Å². The number of sulfonamides is 1. The summed E-state index contributed by atoms with van der Waals surface area (Å²) in [7, 11) is -2.02. The molecule has 1 N–H and O–H groups in total. The van der Waals surface area contributed by atoms with Crippen molar-refractivity contribution >= 4 is 48.9 Å². The van der Waals surface area contributed by atoms with Crippen LogP contribution in [0.1, 0.15) is 24.5 Å². The number of aryl methyl sites for hydroxylation is 3. The zero-order chi connectivity index (χ0) is 22.2. The lowest BCUT2D eigenvalue weighted by atomic mass is 10.1. The highest BCUT2D eigenvalue weighted by atomic mass is 32.2. The van der Waals surface area contributed by atoms with Crippen LogP contribution in [0.3, 0.4) is 0 Å². The molecule has 3 rings (SSSR count). The lowest BCUT2D eigenvalue weighted by molar-refractivity contribution is -0.117. The molecule has 2 aromatic carbocycles. The third kappa shape index (κ3) is 4.27. The number of nitrogens with one attached hydrogen (secondary N) is 1. The zero-order valence-corrected chi connectivity index (χ0v) is 19.2. The Kier molecular flexibility index (Phi) is 6.05. The first-order valence-corrected chi connectivity index (χ1v) is 12.2. The molecule has 0 aliphatic heterocycles. The predicted octanol–water partition coefficient (Wildman–Crippen LogP) is 3.40. The van der Waals surface area contributed by atoms with E-state index in [0.717, 1.165) is 38.9 Å². The molecule has 0 saturated carbocycles. The number of hydrogen-bond donors (Lipinski definition) is 1. The summed E-state index contributed by atoms with van der Waals surface area (Å²) in [5, 5.41) is 2.82. The minimum atomic E-state index is -3.71. The van der Waals surface area contributed by atoms with Gasteiger partial charge in [-0.15, -0.1) is 0 Å². The summed E-state index contributed by atoms with van der Waals surface area (Å²) in [6.07, 6.45) is 1.41. The van der Waals surface area contributed by atoms with Crippen LogP contribution in [0.4, 0.5) is 11.4 Å². The van der Waals surface area contributed by atoms with Gasteiger partial charge in [0.1, 0.15) is 6.04 Å². The van der Waals surface area contributed by atoms with E-state index in [-0.39, 0.29) is 4.87 Å². The Morgan fingerprint density at radius 2 is 1.90 bits per heavy atom. The molecular weight excluding hydrogens is 422 g/mol. The van der Waals surface area contributed by atoms with Crippen LogP contribution in [0.2, 0.25) is 0 Å². The van der Waals surface area contributed by atoms with Gasteiger partial charge in [0.05, 0.1) is 22.2 Å². The second-order valence-corrected chi connectivity index (χ2v) is 10.2. The Hall–Kier alpha value is -2.65. The van der Waals surface area contributed by atoms with E-state index in [9.17, 15) is 18.0 Å². The number of carbonyl (C=O) groups excluding carboxylic acids is 1. The molecule has 1 heterocycles. The second kappa shape index (κ2) is 8.23. The maximum atomic E-state index is 13.1. The molecule has 1 atom stereocenters. The second-order valence-electron chi connectivity index (χ2n) is 7.37. The van der Waals surface area contributed by atoms with Crippen LogP contribution in [0.25, 0.3) is 10.2 Å². The molecule has 9 heteroatoms. The largest absolute Gasteiger partial charge is 0.324 e. The number of thiazole rings is 1. The average Bonchev–Trinajstić information content (AvgIpc) is 2.94. The van der Waals surface area contributed by atoms with E-state index in [4.69, 9.17) is 0 Å². The van der Waals surface area contributed by atoms with Crippen molar-refractivity contribution in [2.24, 2.45) is 7.05 Å². The fourth-order valence-electron chi connectivity index (χ4n) is 3.43. The van der Waals surface area contributed by atoms with Crippen LogP contribution in [0.5, 0.6) is 0 Å². The van der Waals surface area contributed by atoms with Crippen molar-refractivity contribution in [3.05, 3.63) is 57.2 Å². The fraction of sp³-hybridized carbons (Fsp3) is 0.333. The summed E-state index contributed by atoms with van der Waals surface area (Å²) in [4.78, 5) is 24.9. The van der Waals surface area contributed by atoms with Gasteiger partial charge in [-0.1, -0.05) is 30.4 Å². The summed E-state index contributed by atoms with van der Waals surface area (Å²) in [6.45, 7) is 5.48. The number of rotatable bonds is 6. The fourth-order valence-corrected chi connectivity index (χ4v) is 5.61. The Labute approximate surface area is 180 Å². The minimum Gasteiger partial charge on any atom is -0.324 e. The van der Waals surface area contributed by atoms with E-state index >= 15 is 0 Å². The highest BCUT2D eigenvalue weighted by Gasteiger charge is 2.32. The number of carbonyl (C=O) groups is 1. The number of hydrogen-bond acceptors (Lipinski definition) is 5. The molecule has 3 aromatic rings. The first kappa shape index (κ1) is 22.0. The number of nitrogens with zero attached hydrogens (tertiary/aromatic N) is 2. The van der Waals surface area contributed by atoms with Crippen molar-refractivity contribution in [1.29, 1.82) is 0 Å². The van der Waals surface area contributed by atoms with Crippen molar-refractivity contribution in [3.63, 3.8) is 0 Å². The van der Waals surface area contributed by atoms with Gasteiger partial charge >= 0.3 is 4.87 Å². The standard InChI is InChI=1S/C21H25N3O4S2/c1-6-16(24(30(5,27)28)18-11-13(2)7-8-14(18)3)20(25)22-15-9-10-17-19(12-15)29-21(26)23(17)4/h7-12,16H,6H2,1-5H3,(H,22,25)/t16-/m1/s1. The van der Waals surface area contributed by atoms with Crippen LogP contribution < -0.4 is 14.5 Å². The molecule has 1 amide bonds. The van der Waals surface area contributed by atoms with Crippen LogP contribution >= 0.6 is 11.3 Å².